The molecule has 122 valence electrons. The van der Waals surface area contributed by atoms with Crippen molar-refractivity contribution >= 4 is 43.5 Å². The lowest BCUT2D eigenvalue weighted by molar-refractivity contribution is 0.102. The zero-order chi connectivity index (χ0) is 16.8. The first-order valence-corrected chi connectivity index (χ1v) is 9.03. The molecule has 0 spiro atoms. The third-order valence-electron chi connectivity index (χ3n) is 3.24. The van der Waals surface area contributed by atoms with Crippen molar-refractivity contribution in [2.24, 2.45) is 5.92 Å². The molecule has 0 aromatic heterocycles. The molecule has 0 saturated heterocycles. The zero-order valence-electron chi connectivity index (χ0n) is 13.1. The van der Waals surface area contributed by atoms with Crippen molar-refractivity contribution in [1.82, 2.24) is 0 Å². The lowest BCUT2D eigenvalue weighted by Gasteiger charge is -2.13. The molecule has 0 saturated carbocycles. The van der Waals surface area contributed by atoms with Gasteiger partial charge in [0, 0.05) is 14.6 Å². The second kappa shape index (κ2) is 8.50. The standard InChI is InChI=1S/C18H19Br2NO2/c1-12(2)9-10-23-17-8-5-14(20)11-16(17)18(22)21-15-6-3-13(19)4-7-15/h3-8,11-12H,9-10H2,1-2H3,(H,21,22). The molecule has 0 fully saturated rings. The Balaban J connectivity index is 2.14. The Morgan fingerprint density at radius 3 is 2.39 bits per heavy atom. The van der Waals surface area contributed by atoms with Gasteiger partial charge in [0.2, 0.25) is 0 Å². The van der Waals surface area contributed by atoms with Gasteiger partial charge < -0.3 is 10.1 Å². The molecule has 0 radical (unpaired) electrons. The van der Waals surface area contributed by atoms with Gasteiger partial charge in [-0.3, -0.25) is 4.79 Å². The number of hydrogen-bond donors (Lipinski definition) is 1. The molecule has 0 aliphatic carbocycles. The zero-order valence-corrected chi connectivity index (χ0v) is 16.3. The second-order valence-corrected chi connectivity index (χ2v) is 7.46. The van der Waals surface area contributed by atoms with Crippen LogP contribution >= 0.6 is 31.9 Å². The summed E-state index contributed by atoms with van der Waals surface area (Å²) in [7, 11) is 0. The van der Waals surface area contributed by atoms with Crippen molar-refractivity contribution in [1.29, 1.82) is 0 Å². The van der Waals surface area contributed by atoms with Gasteiger partial charge in [0.25, 0.3) is 5.91 Å². The Morgan fingerprint density at radius 2 is 1.74 bits per heavy atom. The Morgan fingerprint density at radius 1 is 1.09 bits per heavy atom. The van der Waals surface area contributed by atoms with Crippen LogP contribution in [0.15, 0.2) is 51.4 Å². The lowest BCUT2D eigenvalue weighted by Crippen LogP contribution is -2.14. The van der Waals surface area contributed by atoms with Gasteiger partial charge in [-0.1, -0.05) is 45.7 Å². The number of hydrogen-bond acceptors (Lipinski definition) is 2. The van der Waals surface area contributed by atoms with Crippen LogP contribution in [0.25, 0.3) is 0 Å². The van der Waals surface area contributed by atoms with E-state index in [1.54, 1.807) is 6.07 Å². The number of halogens is 2. The molecule has 2 aromatic carbocycles. The summed E-state index contributed by atoms with van der Waals surface area (Å²) in [6.45, 7) is 4.88. The fraction of sp³-hybridized carbons (Fsp3) is 0.278. The summed E-state index contributed by atoms with van der Waals surface area (Å²) in [5, 5.41) is 2.89. The molecule has 1 N–H and O–H groups in total. The van der Waals surface area contributed by atoms with Crippen LogP contribution in [0.4, 0.5) is 5.69 Å². The van der Waals surface area contributed by atoms with Gasteiger partial charge in [0.05, 0.1) is 12.2 Å². The van der Waals surface area contributed by atoms with E-state index >= 15 is 0 Å². The molecular formula is C18H19Br2NO2. The molecule has 0 bridgehead atoms. The smallest absolute Gasteiger partial charge is 0.259 e. The molecule has 2 aromatic rings. The SMILES string of the molecule is CC(C)CCOc1ccc(Br)cc1C(=O)Nc1ccc(Br)cc1. The largest absolute Gasteiger partial charge is 0.493 e. The van der Waals surface area contributed by atoms with Crippen molar-refractivity contribution in [2.45, 2.75) is 20.3 Å². The number of carbonyl (C=O) groups excluding carboxylic acids is 1. The highest BCUT2D eigenvalue weighted by Gasteiger charge is 2.14. The molecule has 3 nitrogen and oxygen atoms in total. The summed E-state index contributed by atoms with van der Waals surface area (Å²) >= 11 is 6.79. The lowest BCUT2D eigenvalue weighted by atomic mass is 10.1. The number of ether oxygens (including phenoxy) is 1. The molecule has 2 rings (SSSR count). The van der Waals surface area contributed by atoms with Crippen LogP contribution in [0.2, 0.25) is 0 Å². The highest BCUT2D eigenvalue weighted by molar-refractivity contribution is 9.10. The summed E-state index contributed by atoms with van der Waals surface area (Å²) in [5.74, 6) is 0.974. The van der Waals surface area contributed by atoms with Crippen molar-refractivity contribution in [3.05, 3.63) is 57.0 Å². The summed E-state index contributed by atoms with van der Waals surface area (Å²) in [5.41, 5.74) is 1.26. The third kappa shape index (κ3) is 5.66. The van der Waals surface area contributed by atoms with Gasteiger partial charge in [-0.2, -0.15) is 0 Å². The Hall–Kier alpha value is -1.33. The monoisotopic (exact) mass is 439 g/mol. The minimum atomic E-state index is -0.187. The van der Waals surface area contributed by atoms with E-state index in [2.05, 4.69) is 51.0 Å². The van der Waals surface area contributed by atoms with Crippen molar-refractivity contribution in [3.8, 4) is 5.75 Å². The maximum absolute atomic E-state index is 12.5. The van der Waals surface area contributed by atoms with Crippen LogP contribution in [0.5, 0.6) is 5.75 Å². The summed E-state index contributed by atoms with van der Waals surface area (Å²) < 4.78 is 7.60. The van der Waals surface area contributed by atoms with E-state index in [1.807, 2.05) is 36.4 Å². The third-order valence-corrected chi connectivity index (χ3v) is 4.26. The van der Waals surface area contributed by atoms with Crippen molar-refractivity contribution in [2.75, 3.05) is 11.9 Å². The van der Waals surface area contributed by atoms with Crippen molar-refractivity contribution < 1.29 is 9.53 Å². The van der Waals surface area contributed by atoms with Gasteiger partial charge in [-0.25, -0.2) is 0 Å². The summed E-state index contributed by atoms with van der Waals surface area (Å²) in [6, 6.07) is 12.9. The fourth-order valence-electron chi connectivity index (χ4n) is 1.94. The van der Waals surface area contributed by atoms with Crippen LogP contribution in [0, 0.1) is 5.92 Å². The van der Waals surface area contributed by atoms with Gasteiger partial charge in [-0.15, -0.1) is 0 Å². The van der Waals surface area contributed by atoms with E-state index in [0.29, 0.717) is 23.8 Å². The normalized spacial score (nSPS) is 10.7. The highest BCUT2D eigenvalue weighted by Crippen LogP contribution is 2.25. The first-order chi connectivity index (χ1) is 11.0. The Kier molecular flexibility index (Phi) is 6.66. The van der Waals surface area contributed by atoms with E-state index in [9.17, 15) is 4.79 Å². The minimum Gasteiger partial charge on any atom is -0.493 e. The second-order valence-electron chi connectivity index (χ2n) is 5.63. The first kappa shape index (κ1) is 18.0. The number of nitrogens with one attached hydrogen (secondary N) is 1. The topological polar surface area (TPSA) is 38.3 Å². The van der Waals surface area contributed by atoms with Crippen LogP contribution in [-0.2, 0) is 0 Å². The Bertz CT molecular complexity index is 669. The Labute approximate surface area is 153 Å². The maximum Gasteiger partial charge on any atom is 0.259 e. The molecule has 0 heterocycles. The van der Waals surface area contributed by atoms with Gasteiger partial charge in [-0.05, 0) is 54.8 Å². The van der Waals surface area contributed by atoms with Crippen LogP contribution in [0.3, 0.4) is 0 Å². The first-order valence-electron chi connectivity index (χ1n) is 7.45. The average molecular weight is 441 g/mol. The predicted molar refractivity (Wildman–Crippen MR) is 101 cm³/mol. The molecule has 0 aliphatic heterocycles. The van der Waals surface area contributed by atoms with Crippen LogP contribution in [0.1, 0.15) is 30.6 Å². The molecule has 0 aliphatic rings. The van der Waals surface area contributed by atoms with Gasteiger partial charge in [0.15, 0.2) is 0 Å². The van der Waals surface area contributed by atoms with E-state index in [4.69, 9.17) is 4.74 Å². The van der Waals surface area contributed by atoms with Gasteiger partial charge >= 0.3 is 0 Å². The molecule has 23 heavy (non-hydrogen) atoms. The summed E-state index contributed by atoms with van der Waals surface area (Å²) in [4.78, 5) is 12.5. The van der Waals surface area contributed by atoms with Gasteiger partial charge in [0.1, 0.15) is 5.75 Å². The van der Waals surface area contributed by atoms with E-state index < -0.39 is 0 Å². The minimum absolute atomic E-state index is 0.187. The molecule has 5 heteroatoms. The number of anilines is 1. The molecule has 0 unspecified atom stereocenters. The molecule has 1 amide bonds. The fourth-order valence-corrected chi connectivity index (χ4v) is 2.57. The van der Waals surface area contributed by atoms with E-state index in [-0.39, 0.29) is 5.91 Å². The highest BCUT2D eigenvalue weighted by atomic mass is 79.9. The number of amides is 1. The predicted octanol–water partition coefficient (Wildman–Crippen LogP) is 5.89. The van der Waals surface area contributed by atoms with Crippen LogP contribution < -0.4 is 10.1 Å². The quantitative estimate of drug-likeness (QED) is 0.608. The molecular weight excluding hydrogens is 422 g/mol. The summed E-state index contributed by atoms with van der Waals surface area (Å²) in [6.07, 6.45) is 0.948. The average Bonchev–Trinajstić information content (AvgIpc) is 2.50. The van der Waals surface area contributed by atoms with E-state index in [0.717, 1.165) is 21.1 Å². The number of carbonyl (C=O) groups is 1. The molecule has 0 atom stereocenters. The number of rotatable bonds is 6. The number of benzene rings is 2. The van der Waals surface area contributed by atoms with E-state index in [1.165, 1.54) is 0 Å². The maximum atomic E-state index is 12.5. The van der Waals surface area contributed by atoms with Crippen LogP contribution in [-0.4, -0.2) is 12.5 Å². The van der Waals surface area contributed by atoms with Crippen molar-refractivity contribution in [3.63, 3.8) is 0 Å².